The largest absolute Gasteiger partial charge is 0.322 e. The van der Waals surface area contributed by atoms with Gasteiger partial charge in [-0.15, -0.1) is 11.3 Å². The molecule has 0 saturated carbocycles. The molecule has 0 bridgehead atoms. The van der Waals surface area contributed by atoms with Gasteiger partial charge in [-0.05, 0) is 32.9 Å². The van der Waals surface area contributed by atoms with Gasteiger partial charge in [-0.1, -0.05) is 0 Å². The number of nitrogens with two attached hydrogens (primary N) is 1. The zero-order valence-electron chi connectivity index (χ0n) is 11.1. The molecule has 0 aliphatic rings. The molecule has 0 saturated heterocycles. The van der Waals surface area contributed by atoms with Crippen LogP contribution >= 0.6 is 11.3 Å². The van der Waals surface area contributed by atoms with Gasteiger partial charge in [-0.25, -0.2) is 4.98 Å². The maximum absolute atomic E-state index is 12.1. The predicted molar refractivity (Wildman–Crippen MR) is 76.4 cm³/mol. The van der Waals surface area contributed by atoms with E-state index in [1.165, 1.54) is 11.3 Å². The van der Waals surface area contributed by atoms with Crippen LogP contribution in [0.4, 0.5) is 5.69 Å². The van der Waals surface area contributed by atoms with E-state index in [0.717, 1.165) is 16.4 Å². The van der Waals surface area contributed by atoms with Crippen LogP contribution in [0.1, 0.15) is 39.8 Å². The van der Waals surface area contributed by atoms with E-state index in [4.69, 9.17) is 5.73 Å². The van der Waals surface area contributed by atoms with Crippen LogP contribution in [0.25, 0.3) is 0 Å². The van der Waals surface area contributed by atoms with Crippen LogP contribution in [-0.2, 0) is 0 Å². The maximum atomic E-state index is 12.1. The summed E-state index contributed by atoms with van der Waals surface area (Å²) < 4.78 is 0. The molecule has 6 heteroatoms. The van der Waals surface area contributed by atoms with Gasteiger partial charge in [0.05, 0.1) is 17.4 Å². The van der Waals surface area contributed by atoms with Crippen molar-refractivity contribution in [3.05, 3.63) is 39.6 Å². The van der Waals surface area contributed by atoms with Gasteiger partial charge in [0.2, 0.25) is 0 Å². The van der Waals surface area contributed by atoms with Crippen molar-refractivity contribution in [3.8, 4) is 0 Å². The van der Waals surface area contributed by atoms with Crippen molar-refractivity contribution in [1.82, 2.24) is 9.97 Å². The smallest absolute Gasteiger partial charge is 0.275 e. The second-order valence-corrected chi connectivity index (χ2v) is 5.29. The number of carbonyl (C=O) groups excluding carboxylic acids is 1. The van der Waals surface area contributed by atoms with Crippen LogP contribution in [0.15, 0.2) is 17.5 Å². The van der Waals surface area contributed by atoms with Gasteiger partial charge in [0.25, 0.3) is 5.91 Å². The first-order valence-corrected chi connectivity index (χ1v) is 6.82. The number of nitrogens with one attached hydrogen (secondary N) is 1. The summed E-state index contributed by atoms with van der Waals surface area (Å²) in [6.07, 6.45) is 0. The third-order valence-corrected chi connectivity index (χ3v) is 3.66. The standard InChI is InChI=1S/C13H16N4OS/c1-7-4-5-10(9(3)15-7)16-12(18)11-6-19-13(17-11)8(2)14/h4-6,8H,14H2,1-3H3,(H,16,18). The first-order chi connectivity index (χ1) is 8.97. The van der Waals surface area contributed by atoms with Gasteiger partial charge in [-0.3, -0.25) is 9.78 Å². The lowest BCUT2D eigenvalue weighted by Crippen LogP contribution is -2.14. The average Bonchev–Trinajstić information content (AvgIpc) is 2.82. The molecule has 0 fully saturated rings. The molecular formula is C13H16N4OS. The first kappa shape index (κ1) is 13.6. The second kappa shape index (κ2) is 5.46. The van der Waals surface area contributed by atoms with E-state index in [2.05, 4.69) is 15.3 Å². The van der Waals surface area contributed by atoms with Crippen molar-refractivity contribution in [2.24, 2.45) is 5.73 Å². The van der Waals surface area contributed by atoms with Crippen LogP contribution in [0.2, 0.25) is 0 Å². The molecule has 2 rings (SSSR count). The number of thiazole rings is 1. The fourth-order valence-electron chi connectivity index (χ4n) is 1.61. The Balaban J connectivity index is 2.16. The fraction of sp³-hybridized carbons (Fsp3) is 0.308. The third-order valence-electron chi connectivity index (χ3n) is 2.62. The Bertz CT molecular complexity index is 606. The van der Waals surface area contributed by atoms with Crippen molar-refractivity contribution in [3.63, 3.8) is 0 Å². The Hall–Kier alpha value is -1.79. The van der Waals surface area contributed by atoms with E-state index in [1.807, 2.05) is 32.9 Å². The molecular weight excluding hydrogens is 260 g/mol. The lowest BCUT2D eigenvalue weighted by Gasteiger charge is -2.06. The van der Waals surface area contributed by atoms with Gasteiger partial charge in [0.15, 0.2) is 0 Å². The van der Waals surface area contributed by atoms with Crippen molar-refractivity contribution >= 4 is 22.9 Å². The molecule has 2 aromatic rings. The average molecular weight is 276 g/mol. The highest BCUT2D eigenvalue weighted by atomic mass is 32.1. The van der Waals surface area contributed by atoms with Crippen molar-refractivity contribution < 1.29 is 4.79 Å². The van der Waals surface area contributed by atoms with Crippen LogP contribution in [0.5, 0.6) is 0 Å². The van der Waals surface area contributed by atoms with E-state index in [1.54, 1.807) is 5.38 Å². The molecule has 1 atom stereocenters. The second-order valence-electron chi connectivity index (χ2n) is 4.40. The minimum atomic E-state index is -0.239. The van der Waals surface area contributed by atoms with Crippen molar-refractivity contribution in [2.75, 3.05) is 5.32 Å². The SMILES string of the molecule is Cc1ccc(NC(=O)c2csc(C(C)N)n2)c(C)n1. The van der Waals surface area contributed by atoms with Gasteiger partial charge in [0.1, 0.15) is 10.7 Å². The molecule has 19 heavy (non-hydrogen) atoms. The lowest BCUT2D eigenvalue weighted by atomic mass is 10.2. The minimum absolute atomic E-state index is 0.158. The van der Waals surface area contributed by atoms with E-state index in [0.29, 0.717) is 11.4 Å². The molecule has 0 aliphatic heterocycles. The number of hydrogen-bond acceptors (Lipinski definition) is 5. The number of hydrogen-bond donors (Lipinski definition) is 2. The Labute approximate surface area is 115 Å². The quantitative estimate of drug-likeness (QED) is 0.902. The molecule has 2 heterocycles. The van der Waals surface area contributed by atoms with Gasteiger partial charge in [0, 0.05) is 11.1 Å². The summed E-state index contributed by atoms with van der Waals surface area (Å²) in [5.41, 5.74) is 8.52. The molecule has 0 spiro atoms. The number of pyridine rings is 1. The van der Waals surface area contributed by atoms with E-state index < -0.39 is 0 Å². The van der Waals surface area contributed by atoms with Gasteiger partial charge in [-0.2, -0.15) is 0 Å². The topological polar surface area (TPSA) is 80.9 Å². The molecule has 3 N–H and O–H groups in total. The first-order valence-electron chi connectivity index (χ1n) is 5.94. The summed E-state index contributed by atoms with van der Waals surface area (Å²) in [6, 6.07) is 3.54. The fourth-order valence-corrected chi connectivity index (χ4v) is 2.36. The maximum Gasteiger partial charge on any atom is 0.275 e. The monoisotopic (exact) mass is 276 g/mol. The van der Waals surface area contributed by atoms with E-state index in [-0.39, 0.29) is 11.9 Å². The number of aromatic nitrogens is 2. The number of carbonyl (C=O) groups is 1. The summed E-state index contributed by atoms with van der Waals surface area (Å²) in [7, 11) is 0. The molecule has 1 unspecified atom stereocenters. The minimum Gasteiger partial charge on any atom is -0.322 e. The molecule has 2 aromatic heterocycles. The summed E-state index contributed by atoms with van der Waals surface area (Å²) >= 11 is 1.39. The highest BCUT2D eigenvalue weighted by Crippen LogP contribution is 2.18. The molecule has 5 nitrogen and oxygen atoms in total. The highest BCUT2D eigenvalue weighted by molar-refractivity contribution is 7.09. The molecule has 1 amide bonds. The lowest BCUT2D eigenvalue weighted by molar-refractivity contribution is 0.102. The Morgan fingerprint density at radius 3 is 2.68 bits per heavy atom. The van der Waals surface area contributed by atoms with Crippen molar-refractivity contribution in [1.29, 1.82) is 0 Å². The number of rotatable bonds is 3. The van der Waals surface area contributed by atoms with Gasteiger partial charge >= 0.3 is 0 Å². The summed E-state index contributed by atoms with van der Waals surface area (Å²) in [5.74, 6) is -0.239. The third kappa shape index (κ3) is 3.15. The van der Waals surface area contributed by atoms with Crippen LogP contribution in [0, 0.1) is 13.8 Å². The number of anilines is 1. The number of nitrogens with zero attached hydrogens (tertiary/aromatic N) is 2. The summed E-state index contributed by atoms with van der Waals surface area (Å²) in [6.45, 7) is 5.61. The Morgan fingerprint density at radius 1 is 1.37 bits per heavy atom. The number of amides is 1. The predicted octanol–water partition coefficient (Wildman–Crippen LogP) is 2.43. The van der Waals surface area contributed by atoms with Crippen LogP contribution in [0.3, 0.4) is 0 Å². The van der Waals surface area contributed by atoms with E-state index in [9.17, 15) is 4.79 Å². The molecule has 0 radical (unpaired) electrons. The molecule has 0 aliphatic carbocycles. The van der Waals surface area contributed by atoms with Gasteiger partial charge < -0.3 is 11.1 Å². The normalized spacial score (nSPS) is 12.2. The Kier molecular flexibility index (Phi) is 3.92. The highest BCUT2D eigenvalue weighted by Gasteiger charge is 2.13. The zero-order chi connectivity index (χ0) is 14.0. The number of aryl methyl sites for hydroxylation is 2. The summed E-state index contributed by atoms with van der Waals surface area (Å²) in [4.78, 5) is 20.6. The summed E-state index contributed by atoms with van der Waals surface area (Å²) in [5, 5.41) is 5.27. The van der Waals surface area contributed by atoms with E-state index >= 15 is 0 Å². The Morgan fingerprint density at radius 2 is 2.11 bits per heavy atom. The van der Waals surface area contributed by atoms with Crippen LogP contribution in [-0.4, -0.2) is 15.9 Å². The van der Waals surface area contributed by atoms with Crippen LogP contribution < -0.4 is 11.1 Å². The molecule has 100 valence electrons. The van der Waals surface area contributed by atoms with Crippen molar-refractivity contribution in [2.45, 2.75) is 26.8 Å². The zero-order valence-corrected chi connectivity index (χ0v) is 11.9. The molecule has 0 aromatic carbocycles.